The lowest BCUT2D eigenvalue weighted by atomic mass is 10.2. The van der Waals surface area contributed by atoms with E-state index in [9.17, 15) is 29.5 Å². The lowest BCUT2D eigenvalue weighted by Gasteiger charge is -2.12. The maximum atomic E-state index is 12.0. The van der Waals surface area contributed by atoms with Crippen molar-refractivity contribution in [3.63, 3.8) is 0 Å². The first-order valence-electron chi connectivity index (χ1n) is 5.77. The monoisotopic (exact) mass is 317 g/mol. The average molecular weight is 317 g/mol. The molecule has 21 heavy (non-hydrogen) atoms. The van der Waals surface area contributed by atoms with Crippen LogP contribution in [-0.2, 0) is 4.79 Å². The Labute approximate surface area is 119 Å². The number of nitrogens with zero attached hydrogens (tertiary/aromatic N) is 1. The largest absolute Gasteiger partial charge is 0.480 e. The number of carbonyl (C=O) groups is 2. The van der Waals surface area contributed by atoms with E-state index < -0.39 is 47.6 Å². The van der Waals surface area contributed by atoms with Crippen molar-refractivity contribution >= 4 is 24.9 Å². The van der Waals surface area contributed by atoms with Gasteiger partial charge in [0.2, 0.25) is 0 Å². The number of benzene rings is 1. The molecular formula is C11H14N2O7P+. The topological polar surface area (TPSA) is 164 Å². The van der Waals surface area contributed by atoms with Crippen LogP contribution in [-0.4, -0.2) is 43.5 Å². The van der Waals surface area contributed by atoms with Gasteiger partial charge in [-0.2, -0.15) is 0 Å². The van der Waals surface area contributed by atoms with Crippen LogP contribution in [0.1, 0.15) is 16.8 Å². The van der Waals surface area contributed by atoms with Gasteiger partial charge >= 0.3 is 19.2 Å². The molecule has 0 aromatic heterocycles. The van der Waals surface area contributed by atoms with Crippen molar-refractivity contribution in [1.82, 2.24) is 0 Å². The number of rotatable bonds is 7. The third-order valence-corrected chi connectivity index (χ3v) is 4.50. The fourth-order valence-corrected chi connectivity index (χ4v) is 2.97. The molecule has 9 nitrogen and oxygen atoms in total. The zero-order valence-corrected chi connectivity index (χ0v) is 11.6. The van der Waals surface area contributed by atoms with E-state index in [0.29, 0.717) is 0 Å². The highest BCUT2D eigenvalue weighted by Gasteiger charge is 2.47. The van der Waals surface area contributed by atoms with Gasteiger partial charge in [0.1, 0.15) is 17.8 Å². The summed E-state index contributed by atoms with van der Waals surface area (Å²) >= 11 is 0. The smallest absolute Gasteiger partial charge is 0.363 e. The molecule has 0 amide bonds. The number of carbonyl (C=O) groups excluding carboxylic acids is 1. The molecule has 114 valence electrons. The Morgan fingerprint density at radius 1 is 1.33 bits per heavy atom. The fraction of sp³-hybridized carbons (Fsp3) is 0.273. The zero-order chi connectivity index (χ0) is 16.2. The summed E-state index contributed by atoms with van der Waals surface area (Å²) in [6, 6.07) is 3.52. The van der Waals surface area contributed by atoms with Gasteiger partial charge in [0.05, 0.1) is 4.92 Å². The number of aliphatic carboxylic acids is 1. The van der Waals surface area contributed by atoms with E-state index in [0.717, 1.165) is 12.1 Å². The van der Waals surface area contributed by atoms with Crippen LogP contribution in [0.15, 0.2) is 24.3 Å². The van der Waals surface area contributed by atoms with Crippen molar-refractivity contribution in [2.45, 2.75) is 12.5 Å². The molecule has 0 saturated heterocycles. The second-order valence-corrected chi connectivity index (χ2v) is 6.58. The third kappa shape index (κ3) is 4.27. The van der Waals surface area contributed by atoms with Gasteiger partial charge in [-0.05, 0) is 6.07 Å². The normalized spacial score (nSPS) is 12.7. The summed E-state index contributed by atoms with van der Waals surface area (Å²) in [5.74, 6) is -1.34. The Balaban J connectivity index is 2.96. The summed E-state index contributed by atoms with van der Waals surface area (Å²) in [6.07, 6.45) is -0.881. The van der Waals surface area contributed by atoms with Crippen LogP contribution in [0.25, 0.3) is 0 Å². The molecule has 0 spiro atoms. The molecule has 1 aromatic rings. The number of nitrogens with two attached hydrogens (primary N) is 1. The second kappa shape index (κ2) is 6.68. The molecule has 0 aliphatic rings. The third-order valence-electron chi connectivity index (χ3n) is 2.73. The lowest BCUT2D eigenvalue weighted by molar-refractivity contribution is -0.385. The molecule has 0 radical (unpaired) electrons. The van der Waals surface area contributed by atoms with E-state index in [1.165, 1.54) is 12.1 Å². The Morgan fingerprint density at radius 3 is 2.43 bits per heavy atom. The molecule has 0 saturated carbocycles. The van der Waals surface area contributed by atoms with Crippen LogP contribution in [0, 0.1) is 10.1 Å². The number of hydrogen-bond donors (Lipinski definition) is 4. The van der Waals surface area contributed by atoms with Gasteiger partial charge in [-0.15, -0.1) is 0 Å². The van der Waals surface area contributed by atoms with E-state index in [1.807, 2.05) is 0 Å². The quantitative estimate of drug-likeness (QED) is 0.318. The van der Waals surface area contributed by atoms with Gasteiger partial charge in [0.25, 0.3) is 5.69 Å². The predicted octanol–water partition coefficient (Wildman–Crippen LogP) is 0.369. The highest BCUT2D eigenvalue weighted by Crippen LogP contribution is 2.54. The van der Waals surface area contributed by atoms with Gasteiger partial charge in [-0.3, -0.25) is 14.9 Å². The van der Waals surface area contributed by atoms with Gasteiger partial charge in [-0.25, -0.2) is 14.6 Å². The average Bonchev–Trinajstić information content (AvgIpc) is 2.43. The van der Waals surface area contributed by atoms with Crippen LogP contribution >= 0.6 is 7.72 Å². The standard InChI is InChI=1S/C11H13N2O7P/c12-8(10(14)15)5-6-21(19,20)11(16)7-3-1-2-4-9(7)13(17)18/h1-4,8,19-20H,5-6,12H2/p+1/t8-/m0/s1. The van der Waals surface area contributed by atoms with Crippen molar-refractivity contribution in [2.24, 2.45) is 5.73 Å². The molecule has 0 heterocycles. The minimum absolute atomic E-state index is 0.331. The summed E-state index contributed by atoms with van der Waals surface area (Å²) in [6.45, 7) is 0. The number of nitro benzene ring substituents is 1. The highest BCUT2D eigenvalue weighted by molar-refractivity contribution is 7.81. The summed E-state index contributed by atoms with van der Waals surface area (Å²) in [5.41, 5.74) is 3.07. The van der Waals surface area contributed by atoms with Crippen molar-refractivity contribution < 1.29 is 29.4 Å². The SMILES string of the molecule is N[C@@H](CC[P+](O)(O)C(=O)c1ccccc1[N+](=O)[O-])C(=O)O. The minimum atomic E-state index is -4.20. The molecule has 10 heteroatoms. The number of nitro groups is 1. The molecule has 0 aliphatic heterocycles. The van der Waals surface area contributed by atoms with Crippen LogP contribution in [0.2, 0.25) is 0 Å². The Kier molecular flexibility index (Phi) is 5.45. The maximum absolute atomic E-state index is 12.0. The number of hydrogen-bond acceptors (Lipinski definition) is 7. The summed E-state index contributed by atoms with van der Waals surface area (Å²) in [5, 5.41) is 19.4. The van der Waals surface area contributed by atoms with Crippen molar-refractivity contribution in [3.8, 4) is 0 Å². The molecule has 0 bridgehead atoms. The van der Waals surface area contributed by atoms with E-state index in [4.69, 9.17) is 10.8 Å². The first kappa shape index (κ1) is 17.1. The predicted molar refractivity (Wildman–Crippen MR) is 73.9 cm³/mol. The van der Waals surface area contributed by atoms with Crippen LogP contribution in [0.4, 0.5) is 5.69 Å². The van der Waals surface area contributed by atoms with Crippen LogP contribution in [0.3, 0.4) is 0 Å². The number of para-hydroxylation sites is 1. The van der Waals surface area contributed by atoms with Gasteiger partial charge < -0.3 is 10.8 Å². The van der Waals surface area contributed by atoms with Crippen LogP contribution in [0.5, 0.6) is 0 Å². The Hall–Kier alpha value is -1.93. The molecule has 1 atom stereocenters. The molecule has 0 aliphatic carbocycles. The van der Waals surface area contributed by atoms with Gasteiger partial charge in [-0.1, -0.05) is 12.1 Å². The molecular weight excluding hydrogens is 303 g/mol. The summed E-state index contributed by atoms with van der Waals surface area (Å²) < 4.78 is 0. The van der Waals surface area contributed by atoms with Crippen molar-refractivity contribution in [1.29, 1.82) is 0 Å². The first-order chi connectivity index (χ1) is 9.66. The summed E-state index contributed by atoms with van der Waals surface area (Å²) in [4.78, 5) is 52.2. The number of carboxylic acids is 1. The molecule has 0 fully saturated rings. The van der Waals surface area contributed by atoms with E-state index in [-0.39, 0.29) is 6.42 Å². The second-order valence-electron chi connectivity index (χ2n) is 4.27. The molecule has 1 rings (SSSR count). The fourth-order valence-electron chi connectivity index (χ4n) is 1.55. The van der Waals surface area contributed by atoms with E-state index in [2.05, 4.69) is 0 Å². The Morgan fingerprint density at radius 2 is 1.90 bits per heavy atom. The number of carboxylic acid groups (broad SMARTS) is 1. The molecule has 5 N–H and O–H groups in total. The Bertz CT molecular complexity index is 575. The zero-order valence-electron chi connectivity index (χ0n) is 10.7. The minimum Gasteiger partial charge on any atom is -0.480 e. The lowest BCUT2D eigenvalue weighted by Crippen LogP contribution is -2.31. The first-order valence-corrected chi connectivity index (χ1v) is 7.65. The van der Waals surface area contributed by atoms with Crippen molar-refractivity contribution in [2.75, 3.05) is 6.16 Å². The van der Waals surface area contributed by atoms with E-state index in [1.54, 1.807) is 0 Å². The molecule has 1 aromatic carbocycles. The highest BCUT2D eigenvalue weighted by atomic mass is 31.2. The maximum Gasteiger partial charge on any atom is 0.363 e. The van der Waals surface area contributed by atoms with Crippen molar-refractivity contribution in [3.05, 3.63) is 39.9 Å². The van der Waals surface area contributed by atoms with Gasteiger partial charge in [0, 0.05) is 12.5 Å². The van der Waals surface area contributed by atoms with E-state index >= 15 is 0 Å². The van der Waals surface area contributed by atoms with Crippen LogP contribution < -0.4 is 5.73 Å². The summed E-state index contributed by atoms with van der Waals surface area (Å²) in [7, 11) is -4.20. The van der Waals surface area contributed by atoms with Gasteiger partial charge in [0.15, 0.2) is 0 Å². The molecule has 0 unspecified atom stereocenters.